The average molecular weight is 466 g/mol. The van der Waals surface area contributed by atoms with Gasteiger partial charge in [0.25, 0.3) is 0 Å². The molecule has 1 N–H and O–H groups in total. The van der Waals surface area contributed by atoms with Crippen LogP contribution in [0.15, 0.2) is 53.1 Å². The van der Waals surface area contributed by atoms with E-state index in [4.69, 9.17) is 20.9 Å². The summed E-state index contributed by atoms with van der Waals surface area (Å²) in [6.45, 7) is 5.79. The van der Waals surface area contributed by atoms with Gasteiger partial charge in [-0.05, 0) is 61.9 Å². The zero-order valence-electron chi connectivity index (χ0n) is 18.9. The quantitative estimate of drug-likeness (QED) is 0.501. The standard InChI is InChI=1S/C26H28ClN3O3/c1-17-18(2)29-33-24(17)28-25(31)30-12-10-26(11-13-30)15-22(16-32-26)21-5-3-4-20(14-21)19-6-8-23(27)9-7-19/h3-9,14,22H,10-13,15-16H2,1-2H3,(H,28,31)/t22-/m0/s1. The molecular weight excluding hydrogens is 438 g/mol. The van der Waals surface area contributed by atoms with Crippen LogP contribution in [0, 0.1) is 13.8 Å². The molecular formula is C26H28ClN3O3. The van der Waals surface area contributed by atoms with Crippen molar-refractivity contribution in [2.75, 3.05) is 25.0 Å². The maximum atomic E-state index is 12.7. The first-order valence-corrected chi connectivity index (χ1v) is 11.8. The van der Waals surface area contributed by atoms with Crippen LogP contribution in [0.1, 0.15) is 42.0 Å². The normalized spacial score (nSPS) is 19.7. The molecule has 3 aromatic rings. The maximum Gasteiger partial charge on any atom is 0.324 e. The van der Waals surface area contributed by atoms with Crippen molar-refractivity contribution in [3.8, 4) is 11.1 Å². The van der Waals surface area contributed by atoms with Crippen molar-refractivity contribution >= 4 is 23.5 Å². The molecule has 2 aromatic carbocycles. The number of anilines is 1. The van der Waals surface area contributed by atoms with Crippen molar-refractivity contribution in [3.05, 3.63) is 70.4 Å². The smallest absolute Gasteiger partial charge is 0.324 e. The maximum absolute atomic E-state index is 12.7. The molecule has 3 heterocycles. The van der Waals surface area contributed by atoms with Crippen LogP contribution in [0.25, 0.3) is 11.1 Å². The van der Waals surface area contributed by atoms with Crippen LogP contribution in [0.3, 0.4) is 0 Å². The molecule has 7 heteroatoms. The van der Waals surface area contributed by atoms with Crippen LogP contribution < -0.4 is 5.32 Å². The van der Waals surface area contributed by atoms with Crippen molar-refractivity contribution in [1.29, 1.82) is 0 Å². The predicted octanol–water partition coefficient (Wildman–Crippen LogP) is 6.18. The number of hydrogen-bond donors (Lipinski definition) is 1. The van der Waals surface area contributed by atoms with Gasteiger partial charge in [-0.15, -0.1) is 0 Å². The van der Waals surface area contributed by atoms with Gasteiger partial charge in [0.05, 0.1) is 17.9 Å². The Morgan fingerprint density at radius 1 is 1.12 bits per heavy atom. The van der Waals surface area contributed by atoms with E-state index < -0.39 is 0 Å². The van der Waals surface area contributed by atoms with Gasteiger partial charge in [-0.2, -0.15) is 0 Å². The number of hydrogen-bond acceptors (Lipinski definition) is 4. The molecule has 0 unspecified atom stereocenters. The van der Waals surface area contributed by atoms with Gasteiger partial charge in [0.2, 0.25) is 5.88 Å². The number of aromatic nitrogens is 1. The number of aryl methyl sites for hydroxylation is 1. The van der Waals surface area contributed by atoms with E-state index in [1.54, 1.807) is 0 Å². The molecule has 0 aliphatic carbocycles. The first kappa shape index (κ1) is 22.0. The average Bonchev–Trinajstić information content (AvgIpc) is 3.39. The number of amides is 2. The second-order valence-electron chi connectivity index (χ2n) is 9.17. The summed E-state index contributed by atoms with van der Waals surface area (Å²) in [5.41, 5.74) is 5.14. The fraction of sp³-hybridized carbons (Fsp3) is 0.385. The number of likely N-dealkylation sites (tertiary alicyclic amines) is 1. The molecule has 1 aromatic heterocycles. The molecule has 1 spiro atoms. The Balaban J connectivity index is 1.21. The van der Waals surface area contributed by atoms with Crippen LogP contribution in [-0.2, 0) is 4.74 Å². The first-order valence-electron chi connectivity index (χ1n) is 11.4. The van der Waals surface area contributed by atoms with E-state index >= 15 is 0 Å². The highest BCUT2D eigenvalue weighted by Gasteiger charge is 2.44. The summed E-state index contributed by atoms with van der Waals surface area (Å²) < 4.78 is 11.6. The highest BCUT2D eigenvalue weighted by molar-refractivity contribution is 6.30. The van der Waals surface area contributed by atoms with Crippen molar-refractivity contribution in [2.45, 2.75) is 44.6 Å². The number of nitrogens with one attached hydrogen (secondary N) is 1. The summed E-state index contributed by atoms with van der Waals surface area (Å²) in [4.78, 5) is 14.5. The minimum atomic E-state index is -0.156. The minimum absolute atomic E-state index is 0.144. The molecule has 2 saturated heterocycles. The Morgan fingerprint density at radius 3 is 2.58 bits per heavy atom. The fourth-order valence-corrected chi connectivity index (χ4v) is 4.97. The van der Waals surface area contributed by atoms with E-state index in [0.717, 1.165) is 41.1 Å². The van der Waals surface area contributed by atoms with Gasteiger partial charge in [-0.1, -0.05) is 53.2 Å². The molecule has 2 aliphatic rings. The Kier molecular flexibility index (Phi) is 5.89. The lowest BCUT2D eigenvalue weighted by Gasteiger charge is -2.38. The minimum Gasteiger partial charge on any atom is -0.374 e. The van der Waals surface area contributed by atoms with E-state index in [1.165, 1.54) is 11.1 Å². The molecule has 2 aliphatic heterocycles. The number of carbonyl (C=O) groups excluding carboxylic acids is 1. The van der Waals surface area contributed by atoms with Gasteiger partial charge < -0.3 is 14.2 Å². The van der Waals surface area contributed by atoms with Crippen molar-refractivity contribution < 1.29 is 14.1 Å². The van der Waals surface area contributed by atoms with Gasteiger partial charge in [0.1, 0.15) is 0 Å². The topological polar surface area (TPSA) is 67.6 Å². The van der Waals surface area contributed by atoms with Gasteiger partial charge >= 0.3 is 6.03 Å². The lowest BCUT2D eigenvalue weighted by Crippen LogP contribution is -2.47. The monoisotopic (exact) mass is 465 g/mol. The van der Waals surface area contributed by atoms with Gasteiger partial charge in [-0.25, -0.2) is 4.79 Å². The Bertz CT molecular complexity index is 1150. The molecule has 0 radical (unpaired) electrons. The van der Waals surface area contributed by atoms with Crippen molar-refractivity contribution in [1.82, 2.24) is 10.1 Å². The van der Waals surface area contributed by atoms with E-state index in [2.05, 4.69) is 46.9 Å². The van der Waals surface area contributed by atoms with Gasteiger partial charge in [-0.3, -0.25) is 5.32 Å². The largest absolute Gasteiger partial charge is 0.374 e. The Morgan fingerprint density at radius 2 is 1.88 bits per heavy atom. The molecule has 0 saturated carbocycles. The van der Waals surface area contributed by atoms with Crippen LogP contribution >= 0.6 is 11.6 Å². The third-order valence-electron chi connectivity index (χ3n) is 7.08. The van der Waals surface area contributed by atoms with E-state index in [0.29, 0.717) is 31.5 Å². The summed E-state index contributed by atoms with van der Waals surface area (Å²) in [5, 5.41) is 7.50. The fourth-order valence-electron chi connectivity index (χ4n) is 4.85. The summed E-state index contributed by atoms with van der Waals surface area (Å²) in [5.74, 6) is 0.785. The number of nitrogens with zero attached hydrogens (tertiary/aromatic N) is 2. The summed E-state index contributed by atoms with van der Waals surface area (Å²) in [6.07, 6.45) is 2.65. The Hall–Kier alpha value is -2.83. The number of rotatable bonds is 3. The molecule has 172 valence electrons. The second-order valence-corrected chi connectivity index (χ2v) is 9.60. The van der Waals surface area contributed by atoms with Crippen LogP contribution in [0.4, 0.5) is 10.7 Å². The van der Waals surface area contributed by atoms with Crippen molar-refractivity contribution in [3.63, 3.8) is 0 Å². The number of urea groups is 1. The molecule has 2 fully saturated rings. The van der Waals surface area contributed by atoms with E-state index in [-0.39, 0.29) is 11.6 Å². The van der Waals surface area contributed by atoms with Gasteiger partial charge in [0, 0.05) is 29.6 Å². The summed E-state index contributed by atoms with van der Waals surface area (Å²) >= 11 is 6.04. The van der Waals surface area contributed by atoms with Gasteiger partial charge in [0.15, 0.2) is 0 Å². The molecule has 1 atom stereocenters. The van der Waals surface area contributed by atoms with Crippen molar-refractivity contribution in [2.24, 2.45) is 0 Å². The second kappa shape index (κ2) is 8.84. The number of carbonyl (C=O) groups is 1. The zero-order chi connectivity index (χ0) is 23.0. The number of piperidine rings is 1. The lowest BCUT2D eigenvalue weighted by atomic mass is 9.83. The number of ether oxygens (including phenoxy) is 1. The third kappa shape index (κ3) is 4.50. The highest BCUT2D eigenvalue weighted by atomic mass is 35.5. The number of halogens is 1. The summed E-state index contributed by atoms with van der Waals surface area (Å²) in [6, 6.07) is 16.5. The highest BCUT2D eigenvalue weighted by Crippen LogP contribution is 2.43. The SMILES string of the molecule is Cc1noc(NC(=O)N2CCC3(CC2)C[C@H](c2cccc(-c4ccc(Cl)cc4)c2)CO3)c1C. The van der Waals surface area contributed by atoms with Crippen LogP contribution in [0.2, 0.25) is 5.02 Å². The molecule has 2 amide bonds. The first-order chi connectivity index (χ1) is 15.9. The number of benzene rings is 2. The van der Waals surface area contributed by atoms with Crippen LogP contribution in [0.5, 0.6) is 0 Å². The molecule has 6 nitrogen and oxygen atoms in total. The Labute approximate surface area is 198 Å². The molecule has 0 bridgehead atoms. The third-order valence-corrected chi connectivity index (χ3v) is 7.34. The van der Waals surface area contributed by atoms with E-state index in [9.17, 15) is 4.79 Å². The predicted molar refractivity (Wildman–Crippen MR) is 129 cm³/mol. The molecule has 5 rings (SSSR count). The van der Waals surface area contributed by atoms with Crippen LogP contribution in [-0.4, -0.2) is 41.4 Å². The summed E-state index contributed by atoms with van der Waals surface area (Å²) in [7, 11) is 0. The molecule has 33 heavy (non-hydrogen) atoms. The lowest BCUT2D eigenvalue weighted by molar-refractivity contribution is -0.0355. The van der Waals surface area contributed by atoms with E-state index in [1.807, 2.05) is 30.9 Å². The zero-order valence-corrected chi connectivity index (χ0v) is 19.7.